The molecule has 0 heterocycles. The summed E-state index contributed by atoms with van der Waals surface area (Å²) in [4.78, 5) is 10.7. The highest BCUT2D eigenvalue weighted by Crippen LogP contribution is 2.17. The lowest BCUT2D eigenvalue weighted by atomic mass is 10.1. The number of carbonyl (C=O) groups excluding carboxylic acids is 1. The van der Waals surface area contributed by atoms with Crippen LogP contribution in [0.4, 0.5) is 0 Å². The Kier molecular flexibility index (Phi) is 7.25. The van der Waals surface area contributed by atoms with E-state index in [-0.39, 0.29) is 11.8 Å². The molecule has 6 nitrogen and oxygen atoms in total. The van der Waals surface area contributed by atoms with E-state index in [1.54, 1.807) is 6.08 Å². The molecule has 1 unspecified atom stereocenters. The van der Waals surface area contributed by atoms with Crippen molar-refractivity contribution in [2.45, 2.75) is 33.2 Å². The van der Waals surface area contributed by atoms with Crippen LogP contribution in [-0.4, -0.2) is 54.8 Å². The van der Waals surface area contributed by atoms with Gasteiger partial charge in [-0.15, -0.1) is 0 Å². The second-order valence-electron chi connectivity index (χ2n) is 4.76. The van der Waals surface area contributed by atoms with E-state index < -0.39 is 16.0 Å². The molecule has 19 heavy (non-hydrogen) atoms. The van der Waals surface area contributed by atoms with E-state index in [0.717, 1.165) is 13.1 Å². The van der Waals surface area contributed by atoms with E-state index in [9.17, 15) is 13.2 Å². The third kappa shape index (κ3) is 6.70. The van der Waals surface area contributed by atoms with Crippen LogP contribution in [0.15, 0.2) is 12.2 Å². The van der Waals surface area contributed by atoms with Gasteiger partial charge in [0.2, 0.25) is 5.91 Å². The van der Waals surface area contributed by atoms with Crippen molar-refractivity contribution in [3.05, 3.63) is 12.2 Å². The molecule has 0 fully saturated rings. The van der Waals surface area contributed by atoms with Crippen LogP contribution in [0, 0.1) is 0 Å². The van der Waals surface area contributed by atoms with Crippen LogP contribution in [-0.2, 0) is 14.9 Å². The number of primary amides is 1. The van der Waals surface area contributed by atoms with E-state index in [1.165, 1.54) is 6.08 Å². The predicted octanol–water partition coefficient (Wildman–Crippen LogP) is 0.551. The number of rotatable bonds is 9. The Morgan fingerprint density at radius 1 is 1.37 bits per heavy atom. The van der Waals surface area contributed by atoms with Gasteiger partial charge in [-0.25, -0.2) is 0 Å². The van der Waals surface area contributed by atoms with Gasteiger partial charge in [0.1, 0.15) is 0 Å². The van der Waals surface area contributed by atoms with Crippen LogP contribution in [0.5, 0.6) is 0 Å². The van der Waals surface area contributed by atoms with Crippen molar-refractivity contribution in [2.75, 3.05) is 25.4 Å². The van der Waals surface area contributed by atoms with E-state index >= 15 is 0 Å². The Hall–Kier alpha value is -0.920. The fourth-order valence-corrected chi connectivity index (χ4v) is 2.90. The SMILES string of the molecule is CC[N+](CC)(CC=CC(N)=O)C(C)CCS(=O)(=O)O. The van der Waals surface area contributed by atoms with E-state index in [1.807, 2.05) is 20.8 Å². The molecule has 112 valence electrons. The van der Waals surface area contributed by atoms with Crippen LogP contribution in [0.1, 0.15) is 27.2 Å². The zero-order chi connectivity index (χ0) is 15.1. The maximum atomic E-state index is 10.8. The van der Waals surface area contributed by atoms with Crippen molar-refractivity contribution in [1.29, 1.82) is 0 Å². The molecule has 1 amide bonds. The summed E-state index contributed by atoms with van der Waals surface area (Å²) in [6.45, 7) is 8.23. The minimum atomic E-state index is -3.93. The van der Waals surface area contributed by atoms with Gasteiger partial charge in [0.05, 0.1) is 31.4 Å². The molecule has 0 rings (SSSR count). The number of amides is 1. The number of nitrogens with two attached hydrogens (primary N) is 1. The Labute approximate surface area is 115 Å². The van der Waals surface area contributed by atoms with Gasteiger partial charge in [0.15, 0.2) is 0 Å². The molecule has 0 aromatic rings. The molecule has 0 radical (unpaired) electrons. The summed E-state index contributed by atoms with van der Waals surface area (Å²) >= 11 is 0. The Morgan fingerprint density at radius 2 is 1.89 bits per heavy atom. The third-order valence-electron chi connectivity index (χ3n) is 3.74. The Morgan fingerprint density at radius 3 is 2.26 bits per heavy atom. The van der Waals surface area contributed by atoms with Crippen molar-refractivity contribution >= 4 is 16.0 Å². The topological polar surface area (TPSA) is 97.5 Å². The van der Waals surface area contributed by atoms with Gasteiger partial charge >= 0.3 is 0 Å². The van der Waals surface area contributed by atoms with Crippen LogP contribution in [0.25, 0.3) is 0 Å². The second-order valence-corrected chi connectivity index (χ2v) is 6.33. The molecule has 0 aromatic heterocycles. The van der Waals surface area contributed by atoms with Crippen molar-refractivity contribution in [2.24, 2.45) is 5.73 Å². The molecule has 7 heteroatoms. The number of carbonyl (C=O) groups is 1. The third-order valence-corrected chi connectivity index (χ3v) is 4.49. The summed E-state index contributed by atoms with van der Waals surface area (Å²) < 4.78 is 31.1. The summed E-state index contributed by atoms with van der Waals surface area (Å²) in [6, 6.07) is 0.0643. The standard InChI is InChI=1S/C12H24N2O4S/c1-4-14(5-2,9-6-7-12(13)15)11(3)8-10-19(16,17)18/h6-7,11H,4-5,8-10H2,1-3H3,(H2-,13,15,16,17,18)/p+1. The maximum absolute atomic E-state index is 10.8. The highest BCUT2D eigenvalue weighted by Gasteiger charge is 2.30. The summed E-state index contributed by atoms with van der Waals surface area (Å²) in [6.07, 6.45) is 3.43. The number of quaternary nitrogens is 1. The lowest BCUT2D eigenvalue weighted by molar-refractivity contribution is -0.941. The van der Waals surface area contributed by atoms with Crippen LogP contribution in [0.3, 0.4) is 0 Å². The minimum Gasteiger partial charge on any atom is -0.366 e. The maximum Gasteiger partial charge on any atom is 0.265 e. The Balaban J connectivity index is 4.80. The average Bonchev–Trinajstić information content (AvgIpc) is 2.31. The van der Waals surface area contributed by atoms with Crippen molar-refractivity contribution in [1.82, 2.24) is 0 Å². The monoisotopic (exact) mass is 293 g/mol. The van der Waals surface area contributed by atoms with E-state index in [0.29, 0.717) is 17.4 Å². The summed E-state index contributed by atoms with van der Waals surface area (Å²) in [5.41, 5.74) is 5.05. The van der Waals surface area contributed by atoms with Crippen molar-refractivity contribution in [3.63, 3.8) is 0 Å². The molecule has 0 saturated carbocycles. The first-order chi connectivity index (χ1) is 8.67. The van der Waals surface area contributed by atoms with Crippen LogP contribution < -0.4 is 5.73 Å². The lowest BCUT2D eigenvalue weighted by Crippen LogP contribution is -2.54. The zero-order valence-corrected chi connectivity index (χ0v) is 12.7. The molecule has 1 atom stereocenters. The first kappa shape index (κ1) is 18.1. The molecule has 0 aliphatic rings. The van der Waals surface area contributed by atoms with Gasteiger partial charge in [0, 0.05) is 12.5 Å². The summed E-state index contributed by atoms with van der Waals surface area (Å²) in [7, 11) is -3.93. The van der Waals surface area contributed by atoms with Crippen molar-refractivity contribution in [3.8, 4) is 0 Å². The molecule has 0 bridgehead atoms. The van der Waals surface area contributed by atoms with E-state index in [2.05, 4.69) is 0 Å². The summed E-state index contributed by atoms with van der Waals surface area (Å²) in [5.74, 6) is -0.732. The van der Waals surface area contributed by atoms with E-state index in [4.69, 9.17) is 10.3 Å². The van der Waals surface area contributed by atoms with Crippen LogP contribution >= 0.6 is 0 Å². The first-order valence-corrected chi connectivity index (χ1v) is 8.04. The number of hydrogen-bond acceptors (Lipinski definition) is 3. The van der Waals surface area contributed by atoms with Crippen LogP contribution in [0.2, 0.25) is 0 Å². The molecule has 0 saturated heterocycles. The molecule has 0 spiro atoms. The normalized spacial score (nSPS) is 14.7. The highest BCUT2D eigenvalue weighted by molar-refractivity contribution is 7.85. The van der Waals surface area contributed by atoms with Gasteiger partial charge in [-0.05, 0) is 26.8 Å². The van der Waals surface area contributed by atoms with Crippen molar-refractivity contribution < 1.29 is 22.2 Å². The van der Waals surface area contributed by atoms with Gasteiger partial charge in [-0.2, -0.15) is 8.42 Å². The molecule has 0 aliphatic carbocycles. The molecule has 0 aromatic carbocycles. The second kappa shape index (κ2) is 7.62. The lowest BCUT2D eigenvalue weighted by Gasteiger charge is -2.41. The fraction of sp³-hybridized carbons (Fsp3) is 0.750. The summed E-state index contributed by atoms with van der Waals surface area (Å²) in [5, 5.41) is 0. The van der Waals surface area contributed by atoms with Gasteiger partial charge in [0.25, 0.3) is 10.1 Å². The quantitative estimate of drug-likeness (QED) is 0.368. The zero-order valence-electron chi connectivity index (χ0n) is 11.9. The van der Waals surface area contributed by atoms with Gasteiger partial charge < -0.3 is 10.2 Å². The molecular weight excluding hydrogens is 268 g/mol. The minimum absolute atomic E-state index is 0.0643. The Bertz CT molecular complexity index is 413. The molecule has 0 aliphatic heterocycles. The number of nitrogens with zero attached hydrogens (tertiary/aromatic N) is 1. The van der Waals surface area contributed by atoms with Gasteiger partial charge in [-0.1, -0.05) is 0 Å². The first-order valence-electron chi connectivity index (χ1n) is 6.43. The smallest absolute Gasteiger partial charge is 0.265 e. The van der Waals surface area contributed by atoms with Gasteiger partial charge in [-0.3, -0.25) is 9.35 Å². The molecular formula is C12H25N2O4S+. The predicted molar refractivity (Wildman–Crippen MR) is 75.0 cm³/mol. The number of likely N-dealkylation sites (N-methyl/N-ethyl adjacent to an activating group) is 1. The molecule has 3 N–H and O–H groups in total. The fourth-order valence-electron chi connectivity index (χ4n) is 2.26. The highest BCUT2D eigenvalue weighted by atomic mass is 32.2. The average molecular weight is 293 g/mol. The largest absolute Gasteiger partial charge is 0.366 e. The number of hydrogen-bond donors (Lipinski definition) is 2.